The molecule has 31 heavy (non-hydrogen) atoms. The number of rotatable bonds is 8. The standard InChI is InChI=1S/C23H28N2O5S/c1-2-29-21-11-9-19(15-22(21)31(27,28)25-12-3-4-13-25)24-23(26)16-30-20-10-8-17-6-5-7-18(17)14-20/h8-11,14-15H,2-7,12-13,16H2,1H3,(H,24,26). The highest BCUT2D eigenvalue weighted by Gasteiger charge is 2.30. The Hall–Kier alpha value is -2.58. The maximum Gasteiger partial charge on any atom is 0.262 e. The van der Waals surface area contributed by atoms with Crippen molar-refractivity contribution in [3.63, 3.8) is 0 Å². The summed E-state index contributed by atoms with van der Waals surface area (Å²) < 4.78 is 38.8. The number of hydrogen-bond acceptors (Lipinski definition) is 5. The number of carbonyl (C=O) groups excluding carboxylic acids is 1. The van der Waals surface area contributed by atoms with E-state index in [0.29, 0.717) is 36.9 Å². The number of amides is 1. The third-order valence-corrected chi connectivity index (χ3v) is 7.57. The third kappa shape index (κ3) is 4.85. The first-order valence-electron chi connectivity index (χ1n) is 10.8. The van der Waals surface area contributed by atoms with Gasteiger partial charge in [-0.25, -0.2) is 8.42 Å². The summed E-state index contributed by atoms with van der Waals surface area (Å²) in [5.41, 5.74) is 3.02. The highest BCUT2D eigenvalue weighted by atomic mass is 32.2. The van der Waals surface area contributed by atoms with E-state index in [0.717, 1.165) is 32.1 Å². The second-order valence-electron chi connectivity index (χ2n) is 7.83. The van der Waals surface area contributed by atoms with Gasteiger partial charge in [-0.05, 0) is 80.5 Å². The van der Waals surface area contributed by atoms with Gasteiger partial charge in [0, 0.05) is 18.8 Å². The number of carbonyl (C=O) groups is 1. The molecule has 0 atom stereocenters. The van der Waals surface area contributed by atoms with Gasteiger partial charge in [0.15, 0.2) is 6.61 Å². The molecule has 166 valence electrons. The number of nitrogens with zero attached hydrogens (tertiary/aromatic N) is 1. The summed E-state index contributed by atoms with van der Waals surface area (Å²) in [7, 11) is -3.69. The van der Waals surface area contributed by atoms with Crippen LogP contribution in [-0.2, 0) is 27.7 Å². The summed E-state index contributed by atoms with van der Waals surface area (Å²) in [6.45, 7) is 3.00. The van der Waals surface area contributed by atoms with Crippen molar-refractivity contribution in [3.05, 3.63) is 47.5 Å². The SMILES string of the molecule is CCOc1ccc(NC(=O)COc2ccc3c(c2)CCC3)cc1S(=O)(=O)N1CCCC1. The molecular formula is C23H28N2O5S. The molecule has 1 aliphatic heterocycles. The van der Waals surface area contributed by atoms with Crippen molar-refractivity contribution in [2.24, 2.45) is 0 Å². The average Bonchev–Trinajstić information content (AvgIpc) is 3.45. The Morgan fingerprint density at radius 1 is 1.00 bits per heavy atom. The van der Waals surface area contributed by atoms with Gasteiger partial charge in [-0.3, -0.25) is 4.79 Å². The zero-order chi connectivity index (χ0) is 21.8. The van der Waals surface area contributed by atoms with Gasteiger partial charge in [0.05, 0.1) is 6.61 Å². The van der Waals surface area contributed by atoms with E-state index in [-0.39, 0.29) is 17.4 Å². The van der Waals surface area contributed by atoms with E-state index < -0.39 is 10.0 Å². The molecule has 1 saturated heterocycles. The molecule has 1 aliphatic carbocycles. The lowest BCUT2D eigenvalue weighted by molar-refractivity contribution is -0.118. The third-order valence-electron chi connectivity index (χ3n) is 5.65. The summed E-state index contributed by atoms with van der Waals surface area (Å²) in [5.74, 6) is 0.607. The van der Waals surface area contributed by atoms with Crippen LogP contribution in [0.15, 0.2) is 41.3 Å². The molecule has 2 aromatic carbocycles. The topological polar surface area (TPSA) is 84.9 Å². The van der Waals surface area contributed by atoms with Gasteiger partial charge >= 0.3 is 0 Å². The molecule has 1 amide bonds. The zero-order valence-electron chi connectivity index (χ0n) is 17.7. The van der Waals surface area contributed by atoms with E-state index in [9.17, 15) is 13.2 Å². The molecule has 8 heteroatoms. The molecule has 0 spiro atoms. The first kappa shape index (κ1) is 21.6. The van der Waals surface area contributed by atoms with Crippen LogP contribution in [0.1, 0.15) is 37.3 Å². The first-order chi connectivity index (χ1) is 15.0. The summed E-state index contributed by atoms with van der Waals surface area (Å²) in [4.78, 5) is 12.5. The quantitative estimate of drug-likeness (QED) is 0.675. The monoisotopic (exact) mass is 444 g/mol. The Labute approximate surface area is 183 Å². The molecule has 1 heterocycles. The largest absolute Gasteiger partial charge is 0.492 e. The van der Waals surface area contributed by atoms with Crippen LogP contribution in [0.3, 0.4) is 0 Å². The minimum atomic E-state index is -3.69. The lowest BCUT2D eigenvalue weighted by Gasteiger charge is -2.19. The Morgan fingerprint density at radius 3 is 2.55 bits per heavy atom. The summed E-state index contributed by atoms with van der Waals surface area (Å²) in [5, 5.41) is 2.73. The van der Waals surface area contributed by atoms with Gasteiger partial charge in [0.1, 0.15) is 16.4 Å². The van der Waals surface area contributed by atoms with E-state index in [1.807, 2.05) is 12.1 Å². The number of fused-ring (bicyclic) bond motifs is 1. The van der Waals surface area contributed by atoms with Crippen LogP contribution in [-0.4, -0.2) is 44.9 Å². The number of benzene rings is 2. The molecule has 1 fully saturated rings. The van der Waals surface area contributed by atoms with Crippen molar-refractivity contribution in [1.29, 1.82) is 0 Å². The molecule has 2 aliphatic rings. The summed E-state index contributed by atoms with van der Waals surface area (Å²) in [6.07, 6.45) is 4.98. The Morgan fingerprint density at radius 2 is 1.77 bits per heavy atom. The van der Waals surface area contributed by atoms with Crippen molar-refractivity contribution < 1.29 is 22.7 Å². The lowest BCUT2D eigenvalue weighted by Crippen LogP contribution is -2.28. The molecule has 4 rings (SSSR count). The zero-order valence-corrected chi connectivity index (χ0v) is 18.5. The predicted molar refractivity (Wildman–Crippen MR) is 118 cm³/mol. The highest BCUT2D eigenvalue weighted by Crippen LogP contribution is 2.32. The first-order valence-corrected chi connectivity index (χ1v) is 12.2. The molecular weight excluding hydrogens is 416 g/mol. The smallest absolute Gasteiger partial charge is 0.262 e. The van der Waals surface area contributed by atoms with Crippen LogP contribution < -0.4 is 14.8 Å². The van der Waals surface area contributed by atoms with Gasteiger partial charge in [0.25, 0.3) is 5.91 Å². The molecule has 0 unspecified atom stereocenters. The summed E-state index contributed by atoms with van der Waals surface area (Å²) in [6, 6.07) is 10.6. The Bertz CT molecular complexity index is 1060. The van der Waals surface area contributed by atoms with Crippen molar-refractivity contribution >= 4 is 21.6 Å². The van der Waals surface area contributed by atoms with Crippen LogP contribution in [0.2, 0.25) is 0 Å². The van der Waals surface area contributed by atoms with E-state index in [1.54, 1.807) is 19.1 Å². The molecule has 2 aromatic rings. The number of aryl methyl sites for hydroxylation is 2. The van der Waals surface area contributed by atoms with Crippen LogP contribution >= 0.6 is 0 Å². The van der Waals surface area contributed by atoms with Crippen molar-refractivity contribution in [3.8, 4) is 11.5 Å². The van der Waals surface area contributed by atoms with Crippen molar-refractivity contribution in [1.82, 2.24) is 4.31 Å². The van der Waals surface area contributed by atoms with Gasteiger partial charge < -0.3 is 14.8 Å². The van der Waals surface area contributed by atoms with E-state index in [1.165, 1.54) is 21.5 Å². The fourth-order valence-corrected chi connectivity index (χ4v) is 5.79. The van der Waals surface area contributed by atoms with E-state index >= 15 is 0 Å². The fraction of sp³-hybridized carbons (Fsp3) is 0.435. The number of nitrogens with one attached hydrogen (secondary N) is 1. The molecule has 0 aromatic heterocycles. The number of anilines is 1. The fourth-order valence-electron chi connectivity index (χ4n) is 4.11. The minimum absolute atomic E-state index is 0.0774. The molecule has 0 saturated carbocycles. The van der Waals surface area contributed by atoms with E-state index in [2.05, 4.69) is 11.4 Å². The maximum atomic E-state index is 13.1. The second kappa shape index (κ2) is 9.28. The molecule has 0 radical (unpaired) electrons. The van der Waals surface area contributed by atoms with Crippen LogP contribution in [0.25, 0.3) is 0 Å². The minimum Gasteiger partial charge on any atom is -0.492 e. The number of hydrogen-bond donors (Lipinski definition) is 1. The van der Waals surface area contributed by atoms with E-state index in [4.69, 9.17) is 9.47 Å². The predicted octanol–water partition coefficient (Wildman–Crippen LogP) is 3.38. The normalized spacial score (nSPS) is 16.2. The molecule has 7 nitrogen and oxygen atoms in total. The molecule has 1 N–H and O–H groups in total. The maximum absolute atomic E-state index is 13.1. The van der Waals surface area contributed by atoms with Gasteiger partial charge in [-0.15, -0.1) is 0 Å². The molecule has 0 bridgehead atoms. The number of ether oxygens (including phenoxy) is 2. The Balaban J connectivity index is 1.45. The van der Waals surface area contributed by atoms with Gasteiger partial charge in [0.2, 0.25) is 10.0 Å². The van der Waals surface area contributed by atoms with Crippen LogP contribution in [0.5, 0.6) is 11.5 Å². The lowest BCUT2D eigenvalue weighted by atomic mass is 10.1. The Kier molecular flexibility index (Phi) is 6.48. The summed E-state index contributed by atoms with van der Waals surface area (Å²) >= 11 is 0. The average molecular weight is 445 g/mol. The number of sulfonamides is 1. The second-order valence-corrected chi connectivity index (χ2v) is 9.73. The van der Waals surface area contributed by atoms with Gasteiger partial charge in [-0.1, -0.05) is 6.07 Å². The van der Waals surface area contributed by atoms with Crippen molar-refractivity contribution in [2.75, 3.05) is 31.6 Å². The van der Waals surface area contributed by atoms with Gasteiger partial charge in [-0.2, -0.15) is 4.31 Å². The van der Waals surface area contributed by atoms with Crippen molar-refractivity contribution in [2.45, 2.75) is 43.9 Å². The highest BCUT2D eigenvalue weighted by molar-refractivity contribution is 7.89. The van der Waals surface area contributed by atoms with Crippen LogP contribution in [0, 0.1) is 0 Å². The van der Waals surface area contributed by atoms with Crippen LogP contribution in [0.4, 0.5) is 5.69 Å².